The molecule has 0 bridgehead atoms. The zero-order valence-corrected chi connectivity index (χ0v) is 12.1. The van der Waals surface area contributed by atoms with Crippen LogP contribution in [0.2, 0.25) is 0 Å². The number of nitrogens with one attached hydrogen (secondary N) is 1. The number of rotatable bonds is 4. The van der Waals surface area contributed by atoms with Crippen molar-refractivity contribution < 1.29 is 18.4 Å². The molecule has 1 heterocycles. The third-order valence-corrected chi connectivity index (χ3v) is 4.15. The molecular formula is C16H18F2N2O2. The number of hydrogen-bond acceptors (Lipinski definition) is 2. The van der Waals surface area contributed by atoms with Gasteiger partial charge in [-0.2, -0.15) is 0 Å². The molecule has 1 aromatic carbocycles. The number of carbonyl (C=O) groups excluding carboxylic acids is 2. The first-order valence-electron chi connectivity index (χ1n) is 7.56. The van der Waals surface area contributed by atoms with Gasteiger partial charge in [0.15, 0.2) is 0 Å². The highest BCUT2D eigenvalue weighted by atomic mass is 19.1. The SMILES string of the molecule is O=C(CC1CCN(C(=O)c2cc(F)ccc2F)C1)NC1CC1. The predicted octanol–water partition coefficient (Wildman–Crippen LogP) is 2.10. The zero-order valence-electron chi connectivity index (χ0n) is 12.1. The molecule has 118 valence electrons. The van der Waals surface area contributed by atoms with Gasteiger partial charge in [-0.25, -0.2) is 8.78 Å². The van der Waals surface area contributed by atoms with Gasteiger partial charge >= 0.3 is 0 Å². The quantitative estimate of drug-likeness (QED) is 0.926. The van der Waals surface area contributed by atoms with E-state index in [2.05, 4.69) is 5.32 Å². The van der Waals surface area contributed by atoms with E-state index in [-0.39, 0.29) is 17.4 Å². The van der Waals surface area contributed by atoms with Crippen LogP contribution in [-0.4, -0.2) is 35.8 Å². The Morgan fingerprint density at radius 1 is 1.23 bits per heavy atom. The Hall–Kier alpha value is -1.98. The van der Waals surface area contributed by atoms with Gasteiger partial charge in [0.1, 0.15) is 11.6 Å². The van der Waals surface area contributed by atoms with E-state index in [9.17, 15) is 18.4 Å². The summed E-state index contributed by atoms with van der Waals surface area (Å²) in [5.41, 5.74) is -0.247. The maximum atomic E-state index is 13.7. The van der Waals surface area contributed by atoms with E-state index in [1.165, 1.54) is 4.90 Å². The third-order valence-electron chi connectivity index (χ3n) is 4.15. The summed E-state index contributed by atoms with van der Waals surface area (Å²) in [6.07, 6.45) is 3.17. The molecule has 0 spiro atoms. The maximum absolute atomic E-state index is 13.7. The Kier molecular flexibility index (Phi) is 4.09. The molecule has 0 aromatic heterocycles. The maximum Gasteiger partial charge on any atom is 0.256 e. The number of nitrogens with zero attached hydrogens (tertiary/aromatic N) is 1. The summed E-state index contributed by atoms with van der Waals surface area (Å²) in [6, 6.07) is 3.19. The Bertz CT molecular complexity index is 602. The van der Waals surface area contributed by atoms with E-state index >= 15 is 0 Å². The Morgan fingerprint density at radius 2 is 2.00 bits per heavy atom. The number of likely N-dealkylation sites (tertiary alicyclic amines) is 1. The first-order chi connectivity index (χ1) is 10.5. The Balaban J connectivity index is 1.58. The van der Waals surface area contributed by atoms with Crippen LogP contribution in [0, 0.1) is 17.6 Å². The molecule has 2 amide bonds. The van der Waals surface area contributed by atoms with Crippen LogP contribution in [0.5, 0.6) is 0 Å². The van der Waals surface area contributed by atoms with Gasteiger partial charge in [-0.05, 0) is 43.4 Å². The summed E-state index contributed by atoms with van der Waals surface area (Å²) in [5, 5.41) is 2.92. The minimum atomic E-state index is -0.721. The van der Waals surface area contributed by atoms with Crippen molar-refractivity contribution in [3.05, 3.63) is 35.4 Å². The molecule has 1 aliphatic heterocycles. The van der Waals surface area contributed by atoms with Crippen LogP contribution in [0.25, 0.3) is 0 Å². The lowest BCUT2D eigenvalue weighted by atomic mass is 10.0. The van der Waals surface area contributed by atoms with Crippen molar-refractivity contribution in [1.82, 2.24) is 10.2 Å². The second-order valence-electron chi connectivity index (χ2n) is 6.08. The van der Waals surface area contributed by atoms with Gasteiger partial charge in [0, 0.05) is 25.6 Å². The van der Waals surface area contributed by atoms with E-state index in [1.807, 2.05) is 0 Å². The molecule has 4 nitrogen and oxygen atoms in total. The molecule has 2 aliphatic rings. The Labute approximate surface area is 127 Å². The molecule has 1 atom stereocenters. The van der Waals surface area contributed by atoms with E-state index in [0.717, 1.165) is 31.0 Å². The predicted molar refractivity (Wildman–Crippen MR) is 76.2 cm³/mol. The summed E-state index contributed by atoms with van der Waals surface area (Å²) < 4.78 is 26.8. The van der Waals surface area contributed by atoms with Crippen molar-refractivity contribution >= 4 is 11.8 Å². The zero-order chi connectivity index (χ0) is 15.7. The van der Waals surface area contributed by atoms with Gasteiger partial charge in [0.25, 0.3) is 5.91 Å². The van der Waals surface area contributed by atoms with Gasteiger partial charge in [0.2, 0.25) is 5.91 Å². The normalized spacial score (nSPS) is 21.0. The molecule has 1 saturated heterocycles. The summed E-state index contributed by atoms with van der Waals surface area (Å²) in [4.78, 5) is 25.5. The van der Waals surface area contributed by atoms with Crippen molar-refractivity contribution in [3.63, 3.8) is 0 Å². The van der Waals surface area contributed by atoms with Crippen LogP contribution < -0.4 is 5.32 Å². The number of halogens is 2. The van der Waals surface area contributed by atoms with Crippen molar-refractivity contribution in [1.29, 1.82) is 0 Å². The van der Waals surface area contributed by atoms with E-state index < -0.39 is 17.5 Å². The molecule has 22 heavy (non-hydrogen) atoms. The summed E-state index contributed by atoms with van der Waals surface area (Å²) in [5.74, 6) is -1.77. The third kappa shape index (κ3) is 3.43. The van der Waals surface area contributed by atoms with Gasteiger partial charge in [-0.3, -0.25) is 9.59 Å². The van der Waals surface area contributed by atoms with E-state index in [0.29, 0.717) is 32.0 Å². The minimum Gasteiger partial charge on any atom is -0.353 e. The number of hydrogen-bond donors (Lipinski definition) is 1. The van der Waals surface area contributed by atoms with Crippen molar-refractivity contribution in [2.45, 2.75) is 31.7 Å². The van der Waals surface area contributed by atoms with Gasteiger partial charge < -0.3 is 10.2 Å². The second-order valence-corrected chi connectivity index (χ2v) is 6.08. The highest BCUT2D eigenvalue weighted by molar-refractivity contribution is 5.94. The van der Waals surface area contributed by atoms with Gasteiger partial charge in [0.05, 0.1) is 5.56 Å². The van der Waals surface area contributed by atoms with E-state index in [4.69, 9.17) is 0 Å². The molecule has 0 radical (unpaired) electrons. The molecule has 1 unspecified atom stereocenters. The fraction of sp³-hybridized carbons (Fsp3) is 0.500. The molecule has 1 N–H and O–H groups in total. The van der Waals surface area contributed by atoms with Crippen LogP contribution >= 0.6 is 0 Å². The van der Waals surface area contributed by atoms with Crippen LogP contribution in [0.4, 0.5) is 8.78 Å². The lowest BCUT2D eigenvalue weighted by molar-refractivity contribution is -0.122. The van der Waals surface area contributed by atoms with Crippen molar-refractivity contribution in [2.75, 3.05) is 13.1 Å². The first-order valence-corrected chi connectivity index (χ1v) is 7.56. The Morgan fingerprint density at radius 3 is 2.73 bits per heavy atom. The summed E-state index contributed by atoms with van der Waals surface area (Å²) in [6.45, 7) is 0.878. The van der Waals surface area contributed by atoms with Gasteiger partial charge in [-0.1, -0.05) is 0 Å². The molecule has 1 aliphatic carbocycles. The molecule has 3 rings (SSSR count). The van der Waals surface area contributed by atoms with Crippen molar-refractivity contribution in [2.24, 2.45) is 5.92 Å². The average Bonchev–Trinajstić information content (AvgIpc) is 3.16. The van der Waals surface area contributed by atoms with Gasteiger partial charge in [-0.15, -0.1) is 0 Å². The monoisotopic (exact) mass is 308 g/mol. The van der Waals surface area contributed by atoms with Crippen LogP contribution in [0.3, 0.4) is 0 Å². The molecule has 2 fully saturated rings. The second kappa shape index (κ2) is 6.02. The highest BCUT2D eigenvalue weighted by Crippen LogP contribution is 2.24. The molecule has 1 saturated carbocycles. The average molecular weight is 308 g/mol. The van der Waals surface area contributed by atoms with E-state index in [1.54, 1.807) is 0 Å². The lowest BCUT2D eigenvalue weighted by Crippen LogP contribution is -2.31. The minimum absolute atomic E-state index is 0.0127. The molecule has 1 aromatic rings. The van der Waals surface area contributed by atoms with Crippen LogP contribution in [0.1, 0.15) is 36.0 Å². The largest absolute Gasteiger partial charge is 0.353 e. The highest BCUT2D eigenvalue weighted by Gasteiger charge is 2.31. The molecule has 6 heteroatoms. The van der Waals surface area contributed by atoms with Crippen LogP contribution in [-0.2, 0) is 4.79 Å². The van der Waals surface area contributed by atoms with Crippen LogP contribution in [0.15, 0.2) is 18.2 Å². The summed E-state index contributed by atoms with van der Waals surface area (Å²) in [7, 11) is 0. The fourth-order valence-electron chi connectivity index (χ4n) is 2.79. The summed E-state index contributed by atoms with van der Waals surface area (Å²) >= 11 is 0. The smallest absolute Gasteiger partial charge is 0.256 e. The fourth-order valence-corrected chi connectivity index (χ4v) is 2.79. The lowest BCUT2D eigenvalue weighted by Gasteiger charge is -2.17. The number of benzene rings is 1. The topological polar surface area (TPSA) is 49.4 Å². The molecular weight excluding hydrogens is 290 g/mol. The number of amides is 2. The standard InChI is InChI=1S/C16H18F2N2O2/c17-11-1-4-14(18)13(8-11)16(22)20-6-5-10(9-20)7-15(21)19-12-2-3-12/h1,4,8,10,12H,2-3,5-7,9H2,(H,19,21). The first kappa shape index (κ1) is 14.9. The van der Waals surface area contributed by atoms with Crippen molar-refractivity contribution in [3.8, 4) is 0 Å². The number of carbonyl (C=O) groups is 2.